The third-order valence-corrected chi connectivity index (χ3v) is 6.96. The molecule has 0 bridgehead atoms. The molecule has 7 heteroatoms. The molecule has 0 aliphatic heterocycles. The van der Waals surface area contributed by atoms with E-state index in [1.165, 1.54) is 12.8 Å². The van der Waals surface area contributed by atoms with Crippen molar-refractivity contribution >= 4 is 17.9 Å². The van der Waals surface area contributed by atoms with Crippen LogP contribution in [-0.2, 0) is 14.4 Å². The number of carbonyl (C=O) groups is 3. The van der Waals surface area contributed by atoms with Crippen molar-refractivity contribution in [2.24, 2.45) is 16.2 Å². The molecular weight excluding hydrogens is 621 g/mol. The van der Waals surface area contributed by atoms with Crippen LogP contribution in [-0.4, -0.2) is 17.9 Å². The molecule has 0 amide bonds. The summed E-state index contributed by atoms with van der Waals surface area (Å²) in [5.74, 6) is -2.71. The van der Waals surface area contributed by atoms with Gasteiger partial charge in [0.05, 0.1) is 0 Å². The molecule has 0 spiro atoms. The van der Waals surface area contributed by atoms with E-state index in [1.807, 2.05) is 13.8 Å². The zero-order valence-electron chi connectivity index (χ0n) is 25.4. The van der Waals surface area contributed by atoms with Crippen LogP contribution in [0.5, 0.6) is 0 Å². The average molecular weight is 679 g/mol. The van der Waals surface area contributed by atoms with Crippen molar-refractivity contribution in [1.82, 2.24) is 0 Å². The molecule has 0 heterocycles. The number of aliphatic carboxylic acids is 3. The summed E-state index contributed by atoms with van der Waals surface area (Å²) in [7, 11) is 0. The van der Waals surface area contributed by atoms with Crippen molar-refractivity contribution in [1.29, 1.82) is 0 Å². The molecular formula is C30H57HoO6. The molecule has 6 nitrogen and oxygen atoms in total. The second-order valence-electron chi connectivity index (χ2n) is 11.4. The fraction of sp³-hybridized carbons (Fsp3) is 0.900. The van der Waals surface area contributed by atoms with E-state index in [4.69, 9.17) is 0 Å². The summed E-state index contributed by atoms with van der Waals surface area (Å²) in [5, 5.41) is 32.2. The minimum absolute atomic E-state index is 0. The van der Waals surface area contributed by atoms with Crippen LogP contribution < -0.4 is 15.3 Å². The largest absolute Gasteiger partial charge is 3.00 e. The van der Waals surface area contributed by atoms with Crippen LogP contribution in [0, 0.1) is 54.0 Å². The standard InChI is InChI=1S/3C10H20O2.Ho/c1-4-5-6-7-8-10(2,3)9(11)12;2*1-4-6-8-10(3,7-5-2)9(11)12;/h3*4-8H2,1-3H3,(H,11,12);/q;;;+3/p-3. The fourth-order valence-electron chi connectivity index (χ4n) is 3.99. The zero-order valence-corrected chi connectivity index (χ0v) is 27.3. The Hall–Kier alpha value is -0.330. The van der Waals surface area contributed by atoms with E-state index >= 15 is 0 Å². The van der Waals surface area contributed by atoms with Gasteiger partial charge in [0, 0.05) is 34.2 Å². The number of carbonyl (C=O) groups excluding carboxylic acids is 3. The summed E-state index contributed by atoms with van der Waals surface area (Å²) in [6.07, 6.45) is 14.1. The first-order valence-electron chi connectivity index (χ1n) is 14.3. The van der Waals surface area contributed by atoms with Crippen LogP contribution in [0.1, 0.15) is 159 Å². The first-order valence-corrected chi connectivity index (χ1v) is 14.3. The summed E-state index contributed by atoms with van der Waals surface area (Å²) in [5.41, 5.74) is -1.83. The molecule has 0 radical (unpaired) electrons. The summed E-state index contributed by atoms with van der Waals surface area (Å²) < 4.78 is 0. The molecule has 0 N–H and O–H groups in total. The van der Waals surface area contributed by atoms with Gasteiger partial charge in [-0.1, -0.05) is 127 Å². The minimum atomic E-state index is -0.931. The van der Waals surface area contributed by atoms with Crippen LogP contribution in [0.3, 0.4) is 0 Å². The Morgan fingerprint density at radius 2 is 0.811 bits per heavy atom. The normalized spacial score (nSPS) is 13.9. The van der Waals surface area contributed by atoms with E-state index in [1.54, 1.807) is 27.7 Å². The van der Waals surface area contributed by atoms with Gasteiger partial charge in [-0.25, -0.2) is 0 Å². The molecule has 0 saturated heterocycles. The third kappa shape index (κ3) is 22.2. The van der Waals surface area contributed by atoms with Crippen LogP contribution in [0.25, 0.3) is 0 Å². The third-order valence-electron chi connectivity index (χ3n) is 6.96. The number of rotatable bonds is 18. The topological polar surface area (TPSA) is 120 Å². The van der Waals surface area contributed by atoms with E-state index in [2.05, 4.69) is 20.8 Å². The maximum absolute atomic E-state index is 10.8. The second-order valence-corrected chi connectivity index (χ2v) is 11.4. The van der Waals surface area contributed by atoms with Crippen LogP contribution >= 0.6 is 0 Å². The quantitative estimate of drug-likeness (QED) is 0.145. The van der Waals surface area contributed by atoms with Crippen molar-refractivity contribution in [2.45, 2.75) is 159 Å². The number of hydrogen-bond donors (Lipinski definition) is 0. The number of carboxylic acid groups (broad SMARTS) is 3. The van der Waals surface area contributed by atoms with Gasteiger partial charge in [-0.2, -0.15) is 0 Å². The minimum Gasteiger partial charge on any atom is -0.550 e. The number of hydrogen-bond acceptors (Lipinski definition) is 6. The molecule has 0 aromatic heterocycles. The fourth-order valence-corrected chi connectivity index (χ4v) is 3.99. The summed E-state index contributed by atoms with van der Waals surface area (Å²) in [4.78, 5) is 32.2. The van der Waals surface area contributed by atoms with Gasteiger partial charge in [0.25, 0.3) is 0 Å². The predicted molar refractivity (Wildman–Crippen MR) is 143 cm³/mol. The van der Waals surface area contributed by atoms with E-state index in [0.29, 0.717) is 0 Å². The Bertz CT molecular complexity index is 559. The first kappa shape index (κ1) is 43.7. The maximum Gasteiger partial charge on any atom is 3.00 e. The molecule has 0 aromatic carbocycles. The smallest absolute Gasteiger partial charge is 0.550 e. The van der Waals surface area contributed by atoms with E-state index in [9.17, 15) is 29.7 Å². The van der Waals surface area contributed by atoms with Gasteiger partial charge < -0.3 is 29.7 Å². The van der Waals surface area contributed by atoms with Gasteiger partial charge in [-0.15, -0.1) is 0 Å². The second kappa shape index (κ2) is 24.7. The Kier molecular flexibility index (Phi) is 29.2. The van der Waals surface area contributed by atoms with E-state index in [-0.39, 0.29) is 37.7 Å². The van der Waals surface area contributed by atoms with Crippen LogP contribution in [0.4, 0.5) is 0 Å². The van der Waals surface area contributed by atoms with Gasteiger partial charge in [0.15, 0.2) is 0 Å². The van der Waals surface area contributed by atoms with Crippen molar-refractivity contribution in [2.75, 3.05) is 0 Å². The average Bonchev–Trinajstić information content (AvgIpc) is 2.80. The van der Waals surface area contributed by atoms with E-state index < -0.39 is 34.2 Å². The van der Waals surface area contributed by atoms with Crippen molar-refractivity contribution in [3.05, 3.63) is 0 Å². The van der Waals surface area contributed by atoms with Gasteiger partial charge in [-0.3, -0.25) is 0 Å². The van der Waals surface area contributed by atoms with Gasteiger partial charge in [0.1, 0.15) is 0 Å². The van der Waals surface area contributed by atoms with Crippen LogP contribution in [0.15, 0.2) is 0 Å². The molecule has 0 aliphatic rings. The van der Waals surface area contributed by atoms with Gasteiger partial charge in [-0.05, 0) is 32.1 Å². The molecule has 2 unspecified atom stereocenters. The Morgan fingerprint density at radius 1 is 0.459 bits per heavy atom. The molecule has 2 atom stereocenters. The summed E-state index contributed by atoms with van der Waals surface area (Å²) in [6, 6.07) is 0. The molecule has 224 valence electrons. The molecule has 0 rings (SSSR count). The monoisotopic (exact) mass is 678 g/mol. The SMILES string of the molecule is CCCCC(C)(CCC)C(=O)[O-].CCCCC(C)(CCC)C(=O)[O-].CCCCCCC(C)(C)C(=O)[O-].[Ho+3]. The molecule has 0 aliphatic carbocycles. The van der Waals surface area contributed by atoms with Crippen molar-refractivity contribution in [3.63, 3.8) is 0 Å². The van der Waals surface area contributed by atoms with Crippen molar-refractivity contribution in [3.8, 4) is 0 Å². The summed E-state index contributed by atoms with van der Waals surface area (Å²) >= 11 is 0. The van der Waals surface area contributed by atoms with Crippen molar-refractivity contribution < 1.29 is 67.4 Å². The maximum atomic E-state index is 10.8. The van der Waals surface area contributed by atoms with Gasteiger partial charge in [0.2, 0.25) is 0 Å². The molecule has 37 heavy (non-hydrogen) atoms. The Morgan fingerprint density at radius 3 is 1.05 bits per heavy atom. The van der Waals surface area contributed by atoms with Crippen LogP contribution in [0.2, 0.25) is 0 Å². The first-order chi connectivity index (χ1) is 16.6. The molecule has 0 aromatic rings. The molecule has 0 fully saturated rings. The summed E-state index contributed by atoms with van der Waals surface area (Å²) in [6.45, 7) is 17.3. The Balaban J connectivity index is -0.000000218. The zero-order chi connectivity index (χ0) is 28.8. The van der Waals surface area contributed by atoms with Gasteiger partial charge >= 0.3 is 37.7 Å². The van der Waals surface area contributed by atoms with E-state index in [0.717, 1.165) is 83.5 Å². The predicted octanol–water partition coefficient (Wildman–Crippen LogP) is 5.20. The molecule has 0 saturated carbocycles. The number of carboxylic acids is 3. The number of unbranched alkanes of at least 4 members (excludes halogenated alkanes) is 5. The Labute approximate surface area is 258 Å².